The van der Waals surface area contributed by atoms with E-state index >= 15 is 0 Å². The first-order valence-corrected chi connectivity index (χ1v) is 13.5. The molecule has 1 aliphatic heterocycles. The lowest BCUT2D eigenvalue weighted by atomic mass is 10.1. The molecule has 0 spiro atoms. The number of amides is 2. The summed E-state index contributed by atoms with van der Waals surface area (Å²) < 4.78 is 7.91. The van der Waals surface area contributed by atoms with Crippen LogP contribution in [0.25, 0.3) is 17.0 Å². The summed E-state index contributed by atoms with van der Waals surface area (Å²) in [6.07, 6.45) is 4.43. The molecule has 5 rings (SSSR count). The van der Waals surface area contributed by atoms with Crippen LogP contribution in [-0.2, 0) is 11.3 Å². The van der Waals surface area contributed by atoms with Gasteiger partial charge in [0.2, 0.25) is 0 Å². The fourth-order valence-electron chi connectivity index (χ4n) is 4.20. The number of hydrogen-bond donors (Lipinski definition) is 0. The summed E-state index contributed by atoms with van der Waals surface area (Å²) in [5, 5.41) is 1.57. The number of para-hydroxylation sites is 2. The minimum Gasteiger partial charge on any atom is -0.492 e. The molecule has 6 nitrogen and oxygen atoms in total. The number of halogens is 2. The van der Waals surface area contributed by atoms with Crippen LogP contribution in [0.1, 0.15) is 22.3 Å². The number of benzene rings is 3. The molecule has 0 atom stereocenters. The number of imide groups is 1. The van der Waals surface area contributed by atoms with Crippen LogP contribution in [0.2, 0.25) is 10.0 Å². The first kappa shape index (κ1) is 26.1. The molecule has 1 aromatic heterocycles. The third kappa shape index (κ3) is 5.65. The first-order valence-electron chi connectivity index (χ1n) is 11.9. The Morgan fingerprint density at radius 1 is 0.947 bits per heavy atom. The number of thioether (sulfide) groups is 1. The molecule has 1 fully saturated rings. The Bertz CT molecular complexity index is 1560. The third-order valence-corrected chi connectivity index (χ3v) is 7.56. The van der Waals surface area contributed by atoms with Gasteiger partial charge in [-0.3, -0.25) is 19.3 Å². The lowest BCUT2D eigenvalue weighted by Gasteiger charge is -2.11. The van der Waals surface area contributed by atoms with Crippen LogP contribution in [-0.4, -0.2) is 39.5 Å². The summed E-state index contributed by atoms with van der Waals surface area (Å²) in [7, 11) is 0. The number of fused-ring (bicyclic) bond motifs is 1. The van der Waals surface area contributed by atoms with Crippen molar-refractivity contribution in [3.63, 3.8) is 0 Å². The van der Waals surface area contributed by atoms with Crippen LogP contribution in [0, 0.1) is 0 Å². The molecule has 0 saturated carbocycles. The lowest BCUT2D eigenvalue weighted by Crippen LogP contribution is -2.33. The molecule has 2 amide bonds. The van der Waals surface area contributed by atoms with Crippen molar-refractivity contribution in [3.8, 4) is 5.75 Å². The molecule has 9 heteroatoms. The third-order valence-electron chi connectivity index (χ3n) is 6.09. The molecule has 38 heavy (non-hydrogen) atoms. The number of Topliss-reactive ketones (excluding diaryl/α,β-unsaturated/α-hetero) is 1. The molecule has 1 saturated heterocycles. The van der Waals surface area contributed by atoms with Gasteiger partial charge >= 0.3 is 0 Å². The molecule has 192 valence electrons. The molecule has 0 bridgehead atoms. The van der Waals surface area contributed by atoms with Crippen LogP contribution in [0.4, 0.5) is 4.79 Å². The van der Waals surface area contributed by atoms with E-state index in [0.29, 0.717) is 34.5 Å². The highest BCUT2D eigenvalue weighted by Crippen LogP contribution is 2.34. The van der Waals surface area contributed by atoms with Crippen LogP contribution in [0.3, 0.4) is 0 Å². The van der Waals surface area contributed by atoms with Gasteiger partial charge in [0.15, 0.2) is 5.78 Å². The number of ether oxygens (including phenoxy) is 1. The number of nitrogens with zero attached hydrogens (tertiary/aromatic N) is 2. The van der Waals surface area contributed by atoms with Gasteiger partial charge in [0.05, 0.1) is 23.1 Å². The molecular weight excluding hydrogens is 543 g/mol. The largest absolute Gasteiger partial charge is 0.492 e. The van der Waals surface area contributed by atoms with Crippen molar-refractivity contribution in [2.24, 2.45) is 0 Å². The molecule has 2 heterocycles. The molecule has 3 aromatic carbocycles. The molecule has 0 N–H and O–H groups in total. The van der Waals surface area contributed by atoms with E-state index in [2.05, 4.69) is 4.57 Å². The Labute approximate surface area is 233 Å². The van der Waals surface area contributed by atoms with Crippen LogP contribution in [0.15, 0.2) is 83.9 Å². The number of hydrogen-bond acceptors (Lipinski definition) is 5. The minimum absolute atomic E-state index is 0.281. The van der Waals surface area contributed by atoms with Crippen LogP contribution < -0.4 is 4.74 Å². The SMILES string of the molecule is O=C(CN1C(=O)S/C(=C\c2cn(CCCOc3ccccc3Cl)c3ccccc23)C1=O)c1ccc(Cl)cc1. The second-order valence-corrected chi connectivity index (χ2v) is 10.5. The molecule has 1 aliphatic rings. The number of ketones is 1. The maximum Gasteiger partial charge on any atom is 0.293 e. The summed E-state index contributed by atoms with van der Waals surface area (Å²) in [4.78, 5) is 39.6. The van der Waals surface area contributed by atoms with E-state index in [1.807, 2.05) is 48.7 Å². The van der Waals surface area contributed by atoms with Crippen molar-refractivity contribution < 1.29 is 19.1 Å². The zero-order valence-electron chi connectivity index (χ0n) is 20.1. The van der Waals surface area contributed by atoms with Gasteiger partial charge in [-0.05, 0) is 66.7 Å². The number of aromatic nitrogens is 1. The van der Waals surface area contributed by atoms with Gasteiger partial charge in [-0.15, -0.1) is 0 Å². The average Bonchev–Trinajstić information content (AvgIpc) is 3.39. The number of rotatable bonds is 9. The quantitative estimate of drug-likeness (QED) is 0.121. The van der Waals surface area contributed by atoms with E-state index in [4.69, 9.17) is 27.9 Å². The van der Waals surface area contributed by atoms with Crippen molar-refractivity contribution in [2.75, 3.05) is 13.2 Å². The van der Waals surface area contributed by atoms with Gasteiger partial charge in [0, 0.05) is 39.8 Å². The van der Waals surface area contributed by atoms with Gasteiger partial charge in [0.25, 0.3) is 11.1 Å². The van der Waals surface area contributed by atoms with Gasteiger partial charge < -0.3 is 9.30 Å². The standard InChI is InChI=1S/C29H22Cl2N2O4S/c30-21-12-10-19(11-13-21)25(34)18-33-28(35)27(38-29(33)36)16-20-17-32(24-8-3-1-6-22(20)24)14-5-15-37-26-9-4-2-7-23(26)31/h1-4,6-13,16-17H,5,14-15,18H2/b27-16-. The van der Waals surface area contributed by atoms with Gasteiger partial charge in [-0.25, -0.2) is 0 Å². The Morgan fingerprint density at radius 2 is 1.68 bits per heavy atom. The van der Waals surface area contributed by atoms with E-state index < -0.39 is 11.1 Å². The highest BCUT2D eigenvalue weighted by atomic mass is 35.5. The molecular formula is C29H22Cl2N2O4S. The van der Waals surface area contributed by atoms with E-state index in [1.165, 1.54) is 0 Å². The number of aryl methyl sites for hydroxylation is 1. The molecule has 0 radical (unpaired) electrons. The van der Waals surface area contributed by atoms with E-state index in [0.717, 1.165) is 39.5 Å². The first-order chi connectivity index (χ1) is 18.4. The highest BCUT2D eigenvalue weighted by molar-refractivity contribution is 8.18. The van der Waals surface area contributed by atoms with Gasteiger partial charge in [-0.2, -0.15) is 0 Å². The predicted octanol–water partition coefficient (Wildman–Crippen LogP) is 7.34. The van der Waals surface area contributed by atoms with Crippen LogP contribution >= 0.6 is 35.0 Å². The predicted molar refractivity (Wildman–Crippen MR) is 152 cm³/mol. The second kappa shape index (κ2) is 11.5. The Morgan fingerprint density at radius 3 is 2.47 bits per heavy atom. The normalized spacial score (nSPS) is 14.6. The second-order valence-electron chi connectivity index (χ2n) is 8.63. The Hall–Kier alpha value is -3.52. The molecule has 0 unspecified atom stereocenters. The Kier molecular flexibility index (Phi) is 7.88. The van der Waals surface area contributed by atoms with Crippen molar-refractivity contribution in [2.45, 2.75) is 13.0 Å². The average molecular weight is 565 g/mol. The Balaban J connectivity index is 1.30. The highest BCUT2D eigenvalue weighted by Gasteiger charge is 2.36. The monoisotopic (exact) mass is 564 g/mol. The van der Waals surface area contributed by atoms with Crippen molar-refractivity contribution in [3.05, 3.63) is 105 Å². The topological polar surface area (TPSA) is 68.6 Å². The van der Waals surface area contributed by atoms with Crippen molar-refractivity contribution in [1.29, 1.82) is 0 Å². The number of carbonyl (C=O) groups excluding carboxylic acids is 3. The maximum absolute atomic E-state index is 13.1. The van der Waals surface area contributed by atoms with E-state index in [9.17, 15) is 14.4 Å². The molecule has 0 aliphatic carbocycles. The van der Waals surface area contributed by atoms with Crippen molar-refractivity contribution in [1.82, 2.24) is 9.47 Å². The fraction of sp³-hybridized carbons (Fsp3) is 0.138. The molecule has 4 aromatic rings. The minimum atomic E-state index is -0.479. The summed E-state index contributed by atoms with van der Waals surface area (Å²) in [5.74, 6) is -0.161. The summed E-state index contributed by atoms with van der Waals surface area (Å²) in [6.45, 7) is 0.860. The zero-order valence-corrected chi connectivity index (χ0v) is 22.4. The van der Waals surface area contributed by atoms with Gasteiger partial charge in [-0.1, -0.05) is 53.5 Å². The van der Waals surface area contributed by atoms with E-state index in [-0.39, 0.29) is 17.2 Å². The summed E-state index contributed by atoms with van der Waals surface area (Å²) >= 11 is 12.9. The maximum atomic E-state index is 13.1. The van der Waals surface area contributed by atoms with Crippen molar-refractivity contribution >= 4 is 68.9 Å². The number of carbonyl (C=O) groups is 3. The fourth-order valence-corrected chi connectivity index (χ4v) is 5.35. The smallest absolute Gasteiger partial charge is 0.293 e. The van der Waals surface area contributed by atoms with E-state index in [1.54, 1.807) is 36.4 Å². The summed E-state index contributed by atoms with van der Waals surface area (Å²) in [5.41, 5.74) is 2.22. The summed E-state index contributed by atoms with van der Waals surface area (Å²) in [6, 6.07) is 21.6. The van der Waals surface area contributed by atoms with Gasteiger partial charge in [0.1, 0.15) is 5.75 Å². The lowest BCUT2D eigenvalue weighted by molar-refractivity contribution is -0.122. The zero-order chi connectivity index (χ0) is 26.6. The van der Waals surface area contributed by atoms with Crippen LogP contribution in [0.5, 0.6) is 5.75 Å².